The van der Waals surface area contributed by atoms with Crippen molar-refractivity contribution in [1.29, 1.82) is 0 Å². The summed E-state index contributed by atoms with van der Waals surface area (Å²) < 4.78 is 1.61. The third-order valence-electron chi connectivity index (χ3n) is 4.71. The molecule has 1 aliphatic carbocycles. The van der Waals surface area contributed by atoms with Crippen molar-refractivity contribution in [2.75, 3.05) is 5.73 Å². The van der Waals surface area contributed by atoms with Gasteiger partial charge in [-0.2, -0.15) is 0 Å². The van der Waals surface area contributed by atoms with Crippen LogP contribution in [0.15, 0.2) is 35.4 Å². The molecule has 1 aromatic carbocycles. The van der Waals surface area contributed by atoms with E-state index < -0.39 is 0 Å². The largest absolute Gasteiger partial charge is 0.383 e. The maximum Gasteiger partial charge on any atom is 0.258 e. The predicted molar refractivity (Wildman–Crippen MR) is 89.0 cm³/mol. The Hall–Kier alpha value is -2.10. The summed E-state index contributed by atoms with van der Waals surface area (Å²) in [6.07, 6.45) is 8.21. The van der Waals surface area contributed by atoms with Crippen molar-refractivity contribution >= 4 is 5.82 Å². The van der Waals surface area contributed by atoms with Gasteiger partial charge < -0.3 is 5.73 Å². The summed E-state index contributed by atoms with van der Waals surface area (Å²) in [5.74, 6) is 1.03. The Morgan fingerprint density at radius 2 is 1.86 bits per heavy atom. The lowest BCUT2D eigenvalue weighted by Gasteiger charge is -2.22. The molecule has 4 heteroatoms. The number of hydrogen-bond donors (Lipinski definition) is 1. The molecule has 1 aliphatic rings. The van der Waals surface area contributed by atoms with Crippen LogP contribution in [0.3, 0.4) is 0 Å². The standard InChI is InChI=1S/C18H23N3O/c1-13-17(19)20-12-21(18(13)22)11-14-7-9-16(10-8-14)15-5-3-2-4-6-15/h7-10,12,15H,2-6,11,19H2,1H3. The van der Waals surface area contributed by atoms with Gasteiger partial charge in [-0.15, -0.1) is 0 Å². The van der Waals surface area contributed by atoms with Gasteiger partial charge in [0.2, 0.25) is 0 Å². The zero-order valence-electron chi connectivity index (χ0n) is 13.1. The Balaban J connectivity index is 1.76. The van der Waals surface area contributed by atoms with E-state index in [2.05, 4.69) is 29.2 Å². The van der Waals surface area contributed by atoms with E-state index in [9.17, 15) is 4.79 Å². The molecule has 0 unspecified atom stereocenters. The van der Waals surface area contributed by atoms with E-state index in [0.717, 1.165) is 5.56 Å². The molecule has 0 amide bonds. The van der Waals surface area contributed by atoms with Crippen LogP contribution in [-0.2, 0) is 6.54 Å². The SMILES string of the molecule is Cc1c(N)ncn(Cc2ccc(C3CCCCC3)cc2)c1=O. The highest BCUT2D eigenvalue weighted by molar-refractivity contribution is 5.35. The van der Waals surface area contributed by atoms with Gasteiger partial charge in [-0.1, -0.05) is 43.5 Å². The molecule has 1 saturated carbocycles. The monoisotopic (exact) mass is 297 g/mol. The number of nitrogens with two attached hydrogens (primary N) is 1. The number of anilines is 1. The van der Waals surface area contributed by atoms with Gasteiger partial charge in [-0.3, -0.25) is 9.36 Å². The van der Waals surface area contributed by atoms with Crippen LogP contribution < -0.4 is 11.3 Å². The highest BCUT2D eigenvalue weighted by Crippen LogP contribution is 2.32. The summed E-state index contributed by atoms with van der Waals surface area (Å²) in [7, 11) is 0. The van der Waals surface area contributed by atoms with Gasteiger partial charge in [0.15, 0.2) is 0 Å². The normalized spacial score (nSPS) is 15.9. The first-order valence-corrected chi connectivity index (χ1v) is 8.05. The first kappa shape index (κ1) is 14.8. The maximum atomic E-state index is 12.2. The van der Waals surface area contributed by atoms with Crippen LogP contribution in [-0.4, -0.2) is 9.55 Å². The minimum absolute atomic E-state index is 0.0659. The molecule has 0 bridgehead atoms. The zero-order chi connectivity index (χ0) is 15.5. The quantitative estimate of drug-likeness (QED) is 0.946. The molecule has 0 aliphatic heterocycles. The van der Waals surface area contributed by atoms with E-state index in [-0.39, 0.29) is 5.56 Å². The highest BCUT2D eigenvalue weighted by Gasteiger charge is 2.15. The smallest absolute Gasteiger partial charge is 0.258 e. The molecule has 1 fully saturated rings. The van der Waals surface area contributed by atoms with E-state index in [1.54, 1.807) is 11.5 Å². The molecule has 4 nitrogen and oxygen atoms in total. The summed E-state index contributed by atoms with van der Waals surface area (Å²) in [5, 5.41) is 0. The molecule has 0 radical (unpaired) electrons. The molecule has 0 atom stereocenters. The van der Waals surface area contributed by atoms with Crippen molar-refractivity contribution in [3.63, 3.8) is 0 Å². The minimum atomic E-state index is -0.0659. The molecule has 2 N–H and O–H groups in total. The second kappa shape index (κ2) is 6.34. The summed E-state index contributed by atoms with van der Waals surface area (Å²) in [6.45, 7) is 2.26. The van der Waals surface area contributed by atoms with E-state index in [1.165, 1.54) is 44.0 Å². The number of benzene rings is 1. The van der Waals surface area contributed by atoms with Crippen molar-refractivity contribution in [3.05, 3.63) is 57.6 Å². The van der Waals surface area contributed by atoms with E-state index in [0.29, 0.717) is 23.8 Å². The lowest BCUT2D eigenvalue weighted by atomic mass is 9.84. The topological polar surface area (TPSA) is 60.9 Å². The Labute approximate surface area is 131 Å². The van der Waals surface area contributed by atoms with Gasteiger partial charge in [0.1, 0.15) is 12.1 Å². The van der Waals surface area contributed by atoms with Crippen molar-refractivity contribution in [3.8, 4) is 0 Å². The van der Waals surface area contributed by atoms with Gasteiger partial charge in [0.25, 0.3) is 5.56 Å². The summed E-state index contributed by atoms with van der Waals surface area (Å²) >= 11 is 0. The number of hydrogen-bond acceptors (Lipinski definition) is 3. The molecule has 3 rings (SSSR count). The lowest BCUT2D eigenvalue weighted by molar-refractivity contribution is 0.443. The van der Waals surface area contributed by atoms with Gasteiger partial charge in [0, 0.05) is 0 Å². The third kappa shape index (κ3) is 3.06. The first-order chi connectivity index (χ1) is 10.6. The average Bonchev–Trinajstić information content (AvgIpc) is 2.57. The van der Waals surface area contributed by atoms with E-state index >= 15 is 0 Å². The highest BCUT2D eigenvalue weighted by atomic mass is 16.1. The average molecular weight is 297 g/mol. The molecular weight excluding hydrogens is 274 g/mol. The molecule has 2 aromatic rings. The van der Waals surface area contributed by atoms with Gasteiger partial charge in [0.05, 0.1) is 12.1 Å². The molecule has 1 aromatic heterocycles. The molecule has 1 heterocycles. The minimum Gasteiger partial charge on any atom is -0.383 e. The molecule has 116 valence electrons. The van der Waals surface area contributed by atoms with Crippen LogP contribution in [0.5, 0.6) is 0 Å². The second-order valence-corrected chi connectivity index (χ2v) is 6.26. The lowest BCUT2D eigenvalue weighted by Crippen LogP contribution is -2.24. The van der Waals surface area contributed by atoms with Gasteiger partial charge >= 0.3 is 0 Å². The first-order valence-electron chi connectivity index (χ1n) is 8.05. The van der Waals surface area contributed by atoms with Crippen molar-refractivity contribution in [2.45, 2.75) is 51.5 Å². The molecule has 0 spiro atoms. The fourth-order valence-corrected chi connectivity index (χ4v) is 3.25. The summed E-state index contributed by atoms with van der Waals surface area (Å²) in [5.41, 5.74) is 8.66. The second-order valence-electron chi connectivity index (χ2n) is 6.26. The van der Waals surface area contributed by atoms with Crippen LogP contribution in [0.1, 0.15) is 54.7 Å². The van der Waals surface area contributed by atoms with Crippen LogP contribution in [0.2, 0.25) is 0 Å². The predicted octanol–water partition coefficient (Wildman–Crippen LogP) is 3.23. The molecule has 0 saturated heterocycles. The Kier molecular flexibility index (Phi) is 4.27. The van der Waals surface area contributed by atoms with E-state index in [4.69, 9.17) is 5.73 Å². The summed E-state index contributed by atoms with van der Waals surface area (Å²) in [6, 6.07) is 8.69. The number of nitrogen functional groups attached to an aromatic ring is 1. The van der Waals surface area contributed by atoms with Gasteiger partial charge in [-0.25, -0.2) is 4.98 Å². The van der Waals surface area contributed by atoms with E-state index in [1.807, 2.05) is 0 Å². The summed E-state index contributed by atoms with van der Waals surface area (Å²) in [4.78, 5) is 16.2. The van der Waals surface area contributed by atoms with Crippen LogP contribution in [0, 0.1) is 6.92 Å². The van der Waals surface area contributed by atoms with Crippen LogP contribution in [0.4, 0.5) is 5.82 Å². The number of aromatic nitrogens is 2. The van der Waals surface area contributed by atoms with Crippen LogP contribution >= 0.6 is 0 Å². The fraction of sp³-hybridized carbons (Fsp3) is 0.444. The molecular formula is C18H23N3O. The van der Waals surface area contributed by atoms with Crippen LogP contribution in [0.25, 0.3) is 0 Å². The third-order valence-corrected chi connectivity index (χ3v) is 4.71. The van der Waals surface area contributed by atoms with Crippen molar-refractivity contribution in [1.82, 2.24) is 9.55 Å². The number of rotatable bonds is 3. The van der Waals surface area contributed by atoms with Crippen molar-refractivity contribution < 1.29 is 0 Å². The fourth-order valence-electron chi connectivity index (χ4n) is 3.25. The van der Waals surface area contributed by atoms with Crippen molar-refractivity contribution in [2.24, 2.45) is 0 Å². The zero-order valence-corrected chi connectivity index (χ0v) is 13.1. The van der Waals surface area contributed by atoms with Gasteiger partial charge in [-0.05, 0) is 36.8 Å². The number of nitrogens with zero attached hydrogens (tertiary/aromatic N) is 2. The molecule has 22 heavy (non-hydrogen) atoms. The Morgan fingerprint density at radius 1 is 1.18 bits per heavy atom. The Bertz CT molecular complexity index is 697. The maximum absolute atomic E-state index is 12.2. The Morgan fingerprint density at radius 3 is 2.55 bits per heavy atom.